The number of hydrogen-bond donors (Lipinski definition) is 0. The van der Waals surface area contributed by atoms with Gasteiger partial charge in [-0.05, 0) is 5.56 Å². The van der Waals surface area contributed by atoms with Gasteiger partial charge in [-0.2, -0.15) is 0 Å². The summed E-state index contributed by atoms with van der Waals surface area (Å²) >= 11 is 0. The van der Waals surface area contributed by atoms with E-state index in [1.54, 1.807) is 0 Å². The molecule has 0 atom stereocenters. The van der Waals surface area contributed by atoms with Crippen LogP contribution in [0.5, 0.6) is 0 Å². The van der Waals surface area contributed by atoms with Crippen molar-refractivity contribution >= 4 is 7.81 Å². The van der Waals surface area contributed by atoms with Gasteiger partial charge < -0.3 is 0 Å². The molecule has 20 heavy (non-hydrogen) atoms. The molecule has 1 aromatic heterocycles. The third-order valence-electron chi connectivity index (χ3n) is 2.03. The van der Waals surface area contributed by atoms with Gasteiger partial charge in [-0.15, -0.1) is 0 Å². The van der Waals surface area contributed by atoms with Crippen LogP contribution in [0, 0.1) is 0 Å². The number of halogens is 6. The molecule has 0 aliphatic rings. The molecule has 0 saturated carbocycles. The molecule has 2 aromatic rings. The second kappa shape index (κ2) is 4.77. The van der Waals surface area contributed by atoms with E-state index in [1.807, 2.05) is 23.9 Å². The van der Waals surface area contributed by atoms with Crippen molar-refractivity contribution in [2.75, 3.05) is 0 Å². The zero-order valence-corrected chi connectivity index (χ0v) is 11.3. The van der Waals surface area contributed by atoms with Crippen LogP contribution in [0.2, 0.25) is 0 Å². The van der Waals surface area contributed by atoms with E-state index in [2.05, 4.69) is 41.4 Å². The molecule has 0 aliphatic carbocycles. The number of nitrogens with zero attached hydrogens (tertiary/aromatic N) is 2. The first-order valence-electron chi connectivity index (χ1n) is 5.41. The van der Waals surface area contributed by atoms with Crippen LogP contribution in [0.1, 0.15) is 5.56 Å². The summed E-state index contributed by atoms with van der Waals surface area (Å²) in [7, 11) is -8.63. The minimum atomic E-state index is -10.7. The Balaban J connectivity index is 0.000000246. The maximum atomic E-state index is 9.87. The molecule has 0 radical (unpaired) electrons. The Hall–Kier alpha value is -1.56. The normalized spacial score (nSPS) is 14.8. The van der Waals surface area contributed by atoms with Gasteiger partial charge in [0.25, 0.3) is 0 Å². The Labute approximate surface area is 111 Å². The Morgan fingerprint density at radius 1 is 1.00 bits per heavy atom. The van der Waals surface area contributed by atoms with Crippen LogP contribution in [-0.4, -0.2) is 4.57 Å². The van der Waals surface area contributed by atoms with Crippen molar-refractivity contribution in [3.63, 3.8) is 0 Å². The van der Waals surface area contributed by atoms with Gasteiger partial charge in [0.1, 0.15) is 18.9 Å². The molecule has 0 N–H and O–H groups in total. The molecule has 0 bridgehead atoms. The van der Waals surface area contributed by atoms with Gasteiger partial charge in [0.2, 0.25) is 6.33 Å². The van der Waals surface area contributed by atoms with Crippen molar-refractivity contribution in [2.24, 2.45) is 7.05 Å². The molecule has 0 unspecified atom stereocenters. The van der Waals surface area contributed by atoms with Crippen molar-refractivity contribution in [3.05, 3.63) is 54.6 Å². The Kier molecular flexibility index (Phi) is 3.93. The van der Waals surface area contributed by atoms with Gasteiger partial charge in [0.15, 0.2) is 0 Å². The summed E-state index contributed by atoms with van der Waals surface area (Å²) in [5.41, 5.74) is 1.33. The van der Waals surface area contributed by atoms with Gasteiger partial charge >= 0.3 is 33.0 Å². The fourth-order valence-electron chi connectivity index (χ4n) is 1.39. The minimum absolute atomic E-state index is 0.946. The van der Waals surface area contributed by atoms with Crippen LogP contribution in [0.25, 0.3) is 0 Å². The SMILES string of the molecule is Cn1cc[n+](Cc2ccccc2)c1.F[P-](F)(F)(F)(F)F. The van der Waals surface area contributed by atoms with Crippen molar-refractivity contribution < 1.29 is 29.7 Å². The van der Waals surface area contributed by atoms with Crippen molar-refractivity contribution in [3.8, 4) is 0 Å². The molecule has 1 aromatic carbocycles. The molecule has 1 heterocycles. The molecule has 0 spiro atoms. The van der Waals surface area contributed by atoms with Crippen molar-refractivity contribution in [1.82, 2.24) is 4.57 Å². The van der Waals surface area contributed by atoms with E-state index in [-0.39, 0.29) is 0 Å². The molecule has 2 nitrogen and oxygen atoms in total. The van der Waals surface area contributed by atoms with Gasteiger partial charge in [0.05, 0.1) is 7.05 Å². The Bertz CT molecular complexity index is 549. The molecule has 0 aliphatic heterocycles. The first kappa shape index (κ1) is 16.5. The summed E-state index contributed by atoms with van der Waals surface area (Å²) in [5.74, 6) is 0. The fraction of sp³-hybridized carbons (Fsp3) is 0.182. The van der Waals surface area contributed by atoms with Gasteiger partial charge in [0, 0.05) is 0 Å². The van der Waals surface area contributed by atoms with Crippen LogP contribution in [0.4, 0.5) is 25.2 Å². The van der Waals surface area contributed by atoms with E-state index >= 15 is 0 Å². The molecular weight excluding hydrogens is 305 g/mol. The molecule has 2 rings (SSSR count). The summed E-state index contributed by atoms with van der Waals surface area (Å²) in [6.45, 7) is 0.946. The summed E-state index contributed by atoms with van der Waals surface area (Å²) < 4.78 is 63.4. The average Bonchev–Trinajstić information content (AvgIpc) is 2.61. The fourth-order valence-corrected chi connectivity index (χ4v) is 1.39. The number of aromatic nitrogens is 2. The van der Waals surface area contributed by atoms with E-state index in [0.717, 1.165) is 6.54 Å². The standard InChI is InChI=1S/C11H13N2.F6P/c1-12-7-8-13(10-12)9-11-5-3-2-4-6-11;1-7(2,3,4,5)6/h2-8,10H,9H2,1H3;/q+1;-1. The van der Waals surface area contributed by atoms with Crippen LogP contribution >= 0.6 is 7.81 Å². The number of hydrogen-bond acceptors (Lipinski definition) is 0. The first-order valence-corrected chi connectivity index (χ1v) is 7.44. The number of imidazole rings is 1. The van der Waals surface area contributed by atoms with Crippen LogP contribution in [0.15, 0.2) is 49.1 Å². The second-order valence-electron chi connectivity index (χ2n) is 4.20. The van der Waals surface area contributed by atoms with Gasteiger partial charge in [-0.25, -0.2) is 9.13 Å². The van der Waals surface area contributed by atoms with Gasteiger partial charge in [-0.1, -0.05) is 30.3 Å². The molecule has 0 saturated heterocycles. The molecule has 0 amide bonds. The first-order chi connectivity index (χ1) is 8.79. The summed E-state index contributed by atoms with van der Waals surface area (Å²) in [5, 5.41) is 0. The zero-order chi connectivity index (χ0) is 15.5. The number of benzene rings is 1. The third kappa shape index (κ3) is 10.4. The summed E-state index contributed by atoms with van der Waals surface area (Å²) in [4.78, 5) is 0. The second-order valence-corrected chi connectivity index (χ2v) is 6.11. The van der Waals surface area contributed by atoms with Crippen molar-refractivity contribution in [2.45, 2.75) is 6.54 Å². The van der Waals surface area contributed by atoms with E-state index in [4.69, 9.17) is 0 Å². The number of aryl methyl sites for hydroxylation is 1. The zero-order valence-electron chi connectivity index (χ0n) is 10.4. The number of rotatable bonds is 2. The Morgan fingerprint density at radius 3 is 1.90 bits per heavy atom. The molecular formula is C11H13F6N2P. The van der Waals surface area contributed by atoms with Gasteiger partial charge in [-0.3, -0.25) is 0 Å². The van der Waals surface area contributed by atoms with E-state index in [0.29, 0.717) is 0 Å². The van der Waals surface area contributed by atoms with E-state index in [1.165, 1.54) is 5.56 Å². The average molecular weight is 318 g/mol. The maximum absolute atomic E-state index is 10.7. The predicted octanol–water partition coefficient (Wildman–Crippen LogP) is 4.74. The van der Waals surface area contributed by atoms with Crippen LogP contribution in [0.3, 0.4) is 0 Å². The van der Waals surface area contributed by atoms with Crippen LogP contribution in [-0.2, 0) is 13.6 Å². The van der Waals surface area contributed by atoms with E-state index in [9.17, 15) is 25.2 Å². The summed E-state index contributed by atoms with van der Waals surface area (Å²) in [6, 6.07) is 10.5. The Morgan fingerprint density at radius 2 is 1.50 bits per heavy atom. The molecule has 9 heteroatoms. The molecule has 0 fully saturated rings. The molecule has 114 valence electrons. The van der Waals surface area contributed by atoms with Crippen molar-refractivity contribution in [1.29, 1.82) is 0 Å². The quantitative estimate of drug-likeness (QED) is 0.429. The monoisotopic (exact) mass is 318 g/mol. The summed E-state index contributed by atoms with van der Waals surface area (Å²) in [6.07, 6.45) is 6.20. The topological polar surface area (TPSA) is 8.81 Å². The third-order valence-corrected chi connectivity index (χ3v) is 2.03. The van der Waals surface area contributed by atoms with E-state index < -0.39 is 7.81 Å². The predicted molar refractivity (Wildman–Crippen MR) is 64.7 cm³/mol. The van der Waals surface area contributed by atoms with Crippen LogP contribution < -0.4 is 4.57 Å².